The summed E-state index contributed by atoms with van der Waals surface area (Å²) in [5, 5.41) is 0. The molecule has 0 spiro atoms. The largest absolute Gasteiger partial charge is 0.294 e. The summed E-state index contributed by atoms with van der Waals surface area (Å²) in [4.78, 5) is 16.3. The molecule has 3 heteroatoms. The normalized spacial score (nSPS) is 17.6. The molecule has 2 aromatic rings. The minimum Gasteiger partial charge on any atom is -0.294 e. The molecule has 0 amide bonds. The Morgan fingerprint density at radius 1 is 1.16 bits per heavy atom. The van der Waals surface area contributed by atoms with E-state index in [1.165, 1.54) is 0 Å². The maximum Gasteiger partial charge on any atom is 0.168 e. The number of piperidine rings is 1. The van der Waals surface area contributed by atoms with Crippen LogP contribution in [-0.4, -0.2) is 36.6 Å². The molecule has 1 saturated heterocycles. The molecule has 1 heterocycles. The Kier molecular flexibility index (Phi) is 6.33. The number of nitrogens with zero attached hydrogens (tertiary/aromatic N) is 1. The van der Waals surface area contributed by atoms with Gasteiger partial charge < -0.3 is 0 Å². The van der Waals surface area contributed by atoms with Crippen LogP contribution < -0.4 is 0 Å². The summed E-state index contributed by atoms with van der Waals surface area (Å²) in [6, 6.07) is 18.0. The smallest absolute Gasteiger partial charge is 0.168 e. The van der Waals surface area contributed by atoms with Gasteiger partial charge in [0.05, 0.1) is 6.54 Å². The molecule has 0 aromatic heterocycles. The van der Waals surface area contributed by atoms with Crippen LogP contribution in [0.2, 0.25) is 0 Å². The van der Waals surface area contributed by atoms with Gasteiger partial charge in [-0.3, -0.25) is 9.69 Å². The van der Waals surface area contributed by atoms with E-state index in [9.17, 15) is 4.79 Å². The zero-order valence-corrected chi connectivity index (χ0v) is 15.4. The van der Waals surface area contributed by atoms with Crippen molar-refractivity contribution < 1.29 is 4.79 Å². The van der Waals surface area contributed by atoms with E-state index in [1.54, 1.807) is 11.8 Å². The summed E-state index contributed by atoms with van der Waals surface area (Å²) < 4.78 is 0. The molecule has 25 heavy (non-hydrogen) atoms. The van der Waals surface area contributed by atoms with Crippen molar-refractivity contribution in [2.45, 2.75) is 17.7 Å². The van der Waals surface area contributed by atoms with Gasteiger partial charge in [-0.1, -0.05) is 48.2 Å². The van der Waals surface area contributed by atoms with Crippen molar-refractivity contribution >= 4 is 17.5 Å². The molecule has 1 aliphatic heterocycles. The summed E-state index contributed by atoms with van der Waals surface area (Å²) in [6.07, 6.45) is 4.06. The van der Waals surface area contributed by atoms with Crippen LogP contribution in [0.1, 0.15) is 28.8 Å². The van der Waals surface area contributed by atoms with Crippen LogP contribution in [0, 0.1) is 17.8 Å². The van der Waals surface area contributed by atoms with Gasteiger partial charge in [-0.2, -0.15) is 0 Å². The van der Waals surface area contributed by atoms with E-state index in [1.807, 2.05) is 60.9 Å². The van der Waals surface area contributed by atoms with E-state index < -0.39 is 0 Å². The Morgan fingerprint density at radius 2 is 1.92 bits per heavy atom. The Balaban J connectivity index is 1.63. The highest BCUT2D eigenvalue weighted by Crippen LogP contribution is 2.26. The third-order valence-electron chi connectivity index (χ3n) is 4.56. The summed E-state index contributed by atoms with van der Waals surface area (Å²) >= 11 is 1.64. The number of likely N-dealkylation sites (tertiary alicyclic amines) is 1. The van der Waals surface area contributed by atoms with Gasteiger partial charge in [0.1, 0.15) is 0 Å². The van der Waals surface area contributed by atoms with E-state index in [0.717, 1.165) is 48.5 Å². The standard InChI is InChI=1S/C22H23NOS/c1-25-21-14-6-5-13-20(21)22(24)19-12-8-16-23(17-19)15-7-11-18-9-3-2-4-10-18/h2-6,9-10,13-14,19H,8,12,15-17H2,1H3. The van der Waals surface area contributed by atoms with Crippen molar-refractivity contribution in [3.8, 4) is 11.8 Å². The molecule has 3 rings (SSSR count). The average Bonchev–Trinajstić information content (AvgIpc) is 2.68. The average molecular weight is 349 g/mol. The summed E-state index contributed by atoms with van der Waals surface area (Å²) in [7, 11) is 0. The van der Waals surface area contributed by atoms with E-state index in [-0.39, 0.29) is 11.7 Å². The highest BCUT2D eigenvalue weighted by Gasteiger charge is 2.27. The van der Waals surface area contributed by atoms with Gasteiger partial charge in [-0.15, -0.1) is 11.8 Å². The second kappa shape index (κ2) is 8.89. The number of thioether (sulfide) groups is 1. The zero-order chi connectivity index (χ0) is 17.5. The molecule has 1 unspecified atom stereocenters. The SMILES string of the molecule is CSc1ccccc1C(=O)C1CCCN(CC#Cc2ccccc2)C1. The predicted molar refractivity (Wildman–Crippen MR) is 105 cm³/mol. The third-order valence-corrected chi connectivity index (χ3v) is 5.35. The number of hydrogen-bond donors (Lipinski definition) is 0. The van der Waals surface area contributed by atoms with E-state index in [4.69, 9.17) is 0 Å². The lowest BCUT2D eigenvalue weighted by atomic mass is 9.90. The van der Waals surface area contributed by atoms with Crippen molar-refractivity contribution in [1.82, 2.24) is 4.90 Å². The molecule has 1 aliphatic rings. The highest BCUT2D eigenvalue weighted by molar-refractivity contribution is 7.98. The second-order valence-corrected chi connectivity index (χ2v) is 7.15. The Morgan fingerprint density at radius 3 is 2.72 bits per heavy atom. The first-order chi connectivity index (χ1) is 12.3. The highest BCUT2D eigenvalue weighted by atomic mass is 32.2. The summed E-state index contributed by atoms with van der Waals surface area (Å²) in [5.74, 6) is 6.83. The number of carbonyl (C=O) groups is 1. The lowest BCUT2D eigenvalue weighted by Crippen LogP contribution is -2.39. The molecule has 128 valence electrons. The van der Waals surface area contributed by atoms with Gasteiger partial charge in [0, 0.05) is 28.5 Å². The van der Waals surface area contributed by atoms with Gasteiger partial charge in [0.2, 0.25) is 0 Å². The summed E-state index contributed by atoms with van der Waals surface area (Å²) in [6.45, 7) is 2.56. The lowest BCUT2D eigenvalue weighted by molar-refractivity contribution is 0.0830. The molecule has 0 aliphatic carbocycles. The van der Waals surface area contributed by atoms with Crippen LogP contribution in [0.3, 0.4) is 0 Å². The monoisotopic (exact) mass is 349 g/mol. The van der Waals surface area contributed by atoms with Crippen LogP contribution in [-0.2, 0) is 0 Å². The lowest BCUT2D eigenvalue weighted by Gasteiger charge is -2.30. The topological polar surface area (TPSA) is 20.3 Å². The Labute approximate surface area is 154 Å². The second-order valence-electron chi connectivity index (χ2n) is 6.31. The van der Waals surface area contributed by atoms with E-state index in [2.05, 4.69) is 16.7 Å². The van der Waals surface area contributed by atoms with Crippen molar-refractivity contribution in [2.75, 3.05) is 25.9 Å². The maximum atomic E-state index is 12.9. The molecule has 1 atom stereocenters. The quantitative estimate of drug-likeness (QED) is 0.465. The van der Waals surface area contributed by atoms with E-state index in [0.29, 0.717) is 0 Å². The van der Waals surface area contributed by atoms with Crippen molar-refractivity contribution in [3.63, 3.8) is 0 Å². The number of Topliss-reactive ketones (excluding diaryl/α,β-unsaturated/α-hetero) is 1. The van der Waals surface area contributed by atoms with Gasteiger partial charge >= 0.3 is 0 Å². The van der Waals surface area contributed by atoms with Crippen LogP contribution in [0.15, 0.2) is 59.5 Å². The number of ketones is 1. The molecule has 0 N–H and O–H groups in total. The van der Waals surface area contributed by atoms with Crippen molar-refractivity contribution in [1.29, 1.82) is 0 Å². The summed E-state index contributed by atoms with van der Waals surface area (Å²) in [5.41, 5.74) is 1.92. The van der Waals surface area contributed by atoms with Crippen molar-refractivity contribution in [2.24, 2.45) is 5.92 Å². The van der Waals surface area contributed by atoms with Crippen molar-refractivity contribution in [3.05, 3.63) is 65.7 Å². The molecule has 0 saturated carbocycles. The Bertz CT molecular complexity index is 775. The van der Waals surface area contributed by atoms with Gasteiger partial charge in [-0.25, -0.2) is 0 Å². The van der Waals surface area contributed by atoms with Gasteiger partial charge in [-0.05, 0) is 43.8 Å². The first-order valence-electron chi connectivity index (χ1n) is 8.71. The van der Waals surface area contributed by atoms with Crippen LogP contribution in [0.4, 0.5) is 0 Å². The fourth-order valence-electron chi connectivity index (χ4n) is 3.26. The maximum absolute atomic E-state index is 12.9. The first kappa shape index (κ1) is 17.8. The molecule has 0 bridgehead atoms. The Hall–Kier alpha value is -2.02. The molecular weight excluding hydrogens is 326 g/mol. The van der Waals surface area contributed by atoms with Crippen LogP contribution in [0.25, 0.3) is 0 Å². The molecule has 1 fully saturated rings. The molecule has 2 aromatic carbocycles. The minimum absolute atomic E-state index is 0.0839. The number of hydrogen-bond acceptors (Lipinski definition) is 3. The van der Waals surface area contributed by atoms with Gasteiger partial charge in [0.25, 0.3) is 0 Å². The fraction of sp³-hybridized carbons (Fsp3) is 0.318. The zero-order valence-electron chi connectivity index (χ0n) is 14.6. The minimum atomic E-state index is 0.0839. The van der Waals surface area contributed by atoms with Gasteiger partial charge in [0.15, 0.2) is 5.78 Å². The van der Waals surface area contributed by atoms with Crippen LogP contribution >= 0.6 is 11.8 Å². The first-order valence-corrected chi connectivity index (χ1v) is 9.94. The fourth-order valence-corrected chi connectivity index (χ4v) is 3.86. The number of carbonyl (C=O) groups excluding carboxylic acids is 1. The number of benzene rings is 2. The van der Waals surface area contributed by atoms with E-state index >= 15 is 0 Å². The van der Waals surface area contributed by atoms with Crippen LogP contribution in [0.5, 0.6) is 0 Å². The third kappa shape index (κ3) is 4.75. The predicted octanol–water partition coefficient (Wildman–Crippen LogP) is 4.35. The molecule has 0 radical (unpaired) electrons. The molecular formula is C22H23NOS. The number of rotatable bonds is 4. The molecule has 2 nitrogen and oxygen atoms in total.